The van der Waals surface area contributed by atoms with Crippen LogP contribution in [0.15, 0.2) is 12.3 Å². The summed E-state index contributed by atoms with van der Waals surface area (Å²) < 4.78 is 9.48. The van der Waals surface area contributed by atoms with Crippen molar-refractivity contribution in [1.82, 2.24) is 0 Å². The molecule has 1 unspecified atom stereocenters. The third kappa shape index (κ3) is 1.56. The Bertz CT molecular complexity index is 269. The van der Waals surface area contributed by atoms with E-state index in [1.165, 1.54) is 6.92 Å². The molecule has 1 aliphatic heterocycles. The van der Waals surface area contributed by atoms with E-state index in [0.717, 1.165) is 0 Å². The van der Waals surface area contributed by atoms with Crippen molar-refractivity contribution in [3.63, 3.8) is 0 Å². The fourth-order valence-electron chi connectivity index (χ4n) is 1.19. The van der Waals surface area contributed by atoms with Gasteiger partial charge in [-0.3, -0.25) is 9.59 Å². The number of carbonyl (C=O) groups is 2. The lowest BCUT2D eigenvalue weighted by molar-refractivity contribution is -0.162. The number of esters is 2. The SMILES string of the molecule is C=C1CC(C)(C(=O)OCC)C(=O)O1. The lowest BCUT2D eigenvalue weighted by Crippen LogP contribution is -2.34. The molecule has 0 amide bonds. The highest BCUT2D eigenvalue weighted by Crippen LogP contribution is 2.36. The summed E-state index contributed by atoms with van der Waals surface area (Å²) in [6, 6.07) is 0. The minimum Gasteiger partial charge on any atom is -0.465 e. The normalized spacial score (nSPS) is 27.2. The summed E-state index contributed by atoms with van der Waals surface area (Å²) in [6.45, 7) is 6.95. The minimum absolute atomic E-state index is 0.213. The molecule has 4 nitrogen and oxygen atoms in total. The molecule has 0 bridgehead atoms. The van der Waals surface area contributed by atoms with Gasteiger partial charge in [0, 0.05) is 6.42 Å². The molecule has 0 aromatic rings. The van der Waals surface area contributed by atoms with Gasteiger partial charge in [0.05, 0.1) is 6.61 Å². The molecule has 0 aliphatic carbocycles. The summed E-state index contributed by atoms with van der Waals surface area (Å²) in [6.07, 6.45) is 0.213. The Morgan fingerprint density at radius 3 is 2.77 bits per heavy atom. The third-order valence-electron chi connectivity index (χ3n) is 1.96. The van der Waals surface area contributed by atoms with Crippen LogP contribution in [0.25, 0.3) is 0 Å². The molecule has 13 heavy (non-hydrogen) atoms. The molecule has 1 atom stereocenters. The van der Waals surface area contributed by atoms with E-state index >= 15 is 0 Å². The number of ether oxygens (including phenoxy) is 2. The number of rotatable bonds is 2. The molecular formula is C9H12O4. The van der Waals surface area contributed by atoms with Gasteiger partial charge in [-0.25, -0.2) is 0 Å². The van der Waals surface area contributed by atoms with Crippen molar-refractivity contribution in [3.8, 4) is 0 Å². The predicted molar refractivity (Wildman–Crippen MR) is 44.6 cm³/mol. The van der Waals surface area contributed by atoms with Crippen molar-refractivity contribution in [2.45, 2.75) is 20.3 Å². The zero-order chi connectivity index (χ0) is 10.1. The van der Waals surface area contributed by atoms with Crippen LogP contribution in [0.5, 0.6) is 0 Å². The first-order valence-corrected chi connectivity index (χ1v) is 4.08. The molecule has 1 heterocycles. The van der Waals surface area contributed by atoms with Gasteiger partial charge in [0.2, 0.25) is 0 Å². The van der Waals surface area contributed by atoms with Gasteiger partial charge in [-0.2, -0.15) is 0 Å². The second kappa shape index (κ2) is 3.20. The number of carbonyl (C=O) groups excluding carboxylic acids is 2. The van der Waals surface area contributed by atoms with Crippen LogP contribution in [0.4, 0.5) is 0 Å². The van der Waals surface area contributed by atoms with Gasteiger partial charge in [-0.1, -0.05) is 6.58 Å². The van der Waals surface area contributed by atoms with Crippen molar-refractivity contribution in [1.29, 1.82) is 0 Å². The summed E-state index contributed by atoms with van der Waals surface area (Å²) >= 11 is 0. The molecule has 0 radical (unpaired) electrons. The summed E-state index contributed by atoms with van der Waals surface area (Å²) in [5.74, 6) is -0.796. The quantitative estimate of drug-likeness (QED) is 0.475. The Kier molecular flexibility index (Phi) is 2.40. The van der Waals surface area contributed by atoms with Gasteiger partial charge in [-0.05, 0) is 13.8 Å². The van der Waals surface area contributed by atoms with E-state index in [0.29, 0.717) is 5.76 Å². The van der Waals surface area contributed by atoms with E-state index in [9.17, 15) is 9.59 Å². The summed E-state index contributed by atoms with van der Waals surface area (Å²) in [7, 11) is 0. The van der Waals surface area contributed by atoms with Crippen LogP contribution in [0.1, 0.15) is 20.3 Å². The number of allylic oxidation sites excluding steroid dienone is 1. The molecule has 72 valence electrons. The van der Waals surface area contributed by atoms with E-state index < -0.39 is 17.4 Å². The Hall–Kier alpha value is -1.32. The second-order valence-electron chi connectivity index (χ2n) is 3.16. The average Bonchev–Trinajstić information content (AvgIpc) is 2.28. The van der Waals surface area contributed by atoms with Crippen LogP contribution >= 0.6 is 0 Å². The molecule has 1 saturated heterocycles. The van der Waals surface area contributed by atoms with Crippen LogP contribution in [0.3, 0.4) is 0 Å². The van der Waals surface area contributed by atoms with Crippen LogP contribution in [0.2, 0.25) is 0 Å². The molecular weight excluding hydrogens is 172 g/mol. The maximum Gasteiger partial charge on any atom is 0.328 e. The molecule has 0 N–H and O–H groups in total. The zero-order valence-electron chi connectivity index (χ0n) is 7.75. The van der Waals surface area contributed by atoms with Gasteiger partial charge >= 0.3 is 11.9 Å². The molecule has 0 saturated carbocycles. The monoisotopic (exact) mass is 184 g/mol. The molecule has 1 rings (SSSR count). The van der Waals surface area contributed by atoms with Crippen molar-refractivity contribution in [2.24, 2.45) is 5.41 Å². The van der Waals surface area contributed by atoms with Gasteiger partial charge in [0.15, 0.2) is 5.41 Å². The maximum atomic E-state index is 11.4. The van der Waals surface area contributed by atoms with E-state index in [1.54, 1.807) is 6.92 Å². The van der Waals surface area contributed by atoms with Crippen molar-refractivity contribution in [3.05, 3.63) is 12.3 Å². The first-order valence-electron chi connectivity index (χ1n) is 4.08. The zero-order valence-corrected chi connectivity index (χ0v) is 7.75. The van der Waals surface area contributed by atoms with Crippen LogP contribution < -0.4 is 0 Å². The van der Waals surface area contributed by atoms with Crippen LogP contribution in [-0.4, -0.2) is 18.5 Å². The second-order valence-corrected chi connectivity index (χ2v) is 3.16. The summed E-state index contributed by atoms with van der Waals surface area (Å²) in [4.78, 5) is 22.6. The molecule has 0 aromatic carbocycles. The van der Waals surface area contributed by atoms with Crippen LogP contribution in [-0.2, 0) is 19.1 Å². The van der Waals surface area contributed by atoms with Gasteiger partial charge in [0.25, 0.3) is 0 Å². The molecule has 4 heteroatoms. The maximum absolute atomic E-state index is 11.4. The van der Waals surface area contributed by atoms with Gasteiger partial charge in [-0.15, -0.1) is 0 Å². The highest BCUT2D eigenvalue weighted by atomic mass is 16.6. The highest BCUT2D eigenvalue weighted by molar-refractivity contribution is 6.01. The van der Waals surface area contributed by atoms with Crippen molar-refractivity contribution >= 4 is 11.9 Å². The topological polar surface area (TPSA) is 52.6 Å². The van der Waals surface area contributed by atoms with Crippen molar-refractivity contribution in [2.75, 3.05) is 6.61 Å². The van der Waals surface area contributed by atoms with Gasteiger partial charge in [0.1, 0.15) is 5.76 Å². The average molecular weight is 184 g/mol. The first kappa shape index (κ1) is 9.77. The Balaban J connectivity index is 2.81. The van der Waals surface area contributed by atoms with Gasteiger partial charge < -0.3 is 9.47 Å². The number of cyclic esters (lactones) is 1. The summed E-state index contributed by atoms with van der Waals surface area (Å²) in [5.41, 5.74) is -1.19. The van der Waals surface area contributed by atoms with Crippen LogP contribution in [0, 0.1) is 5.41 Å². The standard InChI is InChI=1S/C9H12O4/c1-4-12-7(10)9(3)5-6(2)13-8(9)11/h2,4-5H2,1,3H3. The minimum atomic E-state index is -1.19. The predicted octanol–water partition coefficient (Wildman–Crippen LogP) is 1.02. The van der Waals surface area contributed by atoms with E-state index in [-0.39, 0.29) is 13.0 Å². The molecule has 1 aliphatic rings. The number of hydrogen-bond acceptors (Lipinski definition) is 4. The number of hydrogen-bond donors (Lipinski definition) is 0. The molecule has 0 spiro atoms. The van der Waals surface area contributed by atoms with E-state index in [2.05, 4.69) is 6.58 Å². The smallest absolute Gasteiger partial charge is 0.328 e. The first-order chi connectivity index (χ1) is 6.00. The van der Waals surface area contributed by atoms with E-state index in [1.807, 2.05) is 0 Å². The third-order valence-corrected chi connectivity index (χ3v) is 1.96. The summed E-state index contributed by atoms with van der Waals surface area (Å²) in [5, 5.41) is 0. The Morgan fingerprint density at radius 2 is 2.38 bits per heavy atom. The highest BCUT2D eigenvalue weighted by Gasteiger charge is 2.50. The van der Waals surface area contributed by atoms with E-state index in [4.69, 9.17) is 9.47 Å². The Morgan fingerprint density at radius 1 is 1.77 bits per heavy atom. The van der Waals surface area contributed by atoms with Crippen molar-refractivity contribution < 1.29 is 19.1 Å². The molecule has 1 fully saturated rings. The lowest BCUT2D eigenvalue weighted by Gasteiger charge is -2.15. The fraction of sp³-hybridized carbons (Fsp3) is 0.556. The fourth-order valence-corrected chi connectivity index (χ4v) is 1.19. The lowest BCUT2D eigenvalue weighted by atomic mass is 9.89. The Labute approximate surface area is 76.5 Å². The largest absolute Gasteiger partial charge is 0.465 e. The molecule has 0 aromatic heterocycles.